The van der Waals surface area contributed by atoms with Gasteiger partial charge < -0.3 is 28.6 Å². The second-order valence-electron chi connectivity index (χ2n) is 8.33. The number of rotatable bonds is 6. The lowest BCUT2D eigenvalue weighted by atomic mass is 9.82. The summed E-state index contributed by atoms with van der Waals surface area (Å²) in [5, 5.41) is 0. The minimum absolute atomic E-state index is 0.00785. The molecular formula is C26H29NO7. The van der Waals surface area contributed by atoms with E-state index >= 15 is 0 Å². The van der Waals surface area contributed by atoms with E-state index in [1.807, 2.05) is 12.1 Å². The van der Waals surface area contributed by atoms with Crippen LogP contribution in [0.3, 0.4) is 0 Å². The Balaban J connectivity index is 1.46. The first-order chi connectivity index (χ1) is 16.4. The Morgan fingerprint density at radius 1 is 0.971 bits per heavy atom. The number of amides is 1. The molecule has 1 fully saturated rings. The van der Waals surface area contributed by atoms with Gasteiger partial charge in [-0.25, -0.2) is 0 Å². The molecule has 180 valence electrons. The number of fused-ring (bicyclic) bond motifs is 1. The van der Waals surface area contributed by atoms with E-state index in [0.717, 1.165) is 5.56 Å². The molecule has 0 atom stereocenters. The van der Waals surface area contributed by atoms with Crippen LogP contribution >= 0.6 is 0 Å². The van der Waals surface area contributed by atoms with Gasteiger partial charge in [0.25, 0.3) is 0 Å². The summed E-state index contributed by atoms with van der Waals surface area (Å²) in [6.45, 7) is 0.968. The van der Waals surface area contributed by atoms with Crippen LogP contribution in [0.5, 0.6) is 28.7 Å². The maximum Gasteiger partial charge on any atom is 0.246 e. The molecule has 1 spiro atoms. The van der Waals surface area contributed by atoms with E-state index in [0.29, 0.717) is 60.2 Å². The predicted octanol–water partition coefficient (Wildman–Crippen LogP) is 3.76. The van der Waals surface area contributed by atoms with Gasteiger partial charge in [-0.2, -0.15) is 0 Å². The van der Waals surface area contributed by atoms with Gasteiger partial charge in [0.2, 0.25) is 11.7 Å². The Kier molecular flexibility index (Phi) is 6.68. The minimum Gasteiger partial charge on any atom is -0.497 e. The summed E-state index contributed by atoms with van der Waals surface area (Å²) in [5.74, 6) is 2.56. The third-order valence-electron chi connectivity index (χ3n) is 6.43. The number of likely N-dealkylation sites (tertiary alicyclic amines) is 1. The Bertz CT molecular complexity index is 1120. The molecule has 0 N–H and O–H groups in total. The molecule has 2 aliphatic heterocycles. The van der Waals surface area contributed by atoms with Gasteiger partial charge in [-0.3, -0.25) is 9.59 Å². The summed E-state index contributed by atoms with van der Waals surface area (Å²) in [5.41, 5.74) is 0.616. The first-order valence-electron chi connectivity index (χ1n) is 11.1. The third kappa shape index (κ3) is 4.40. The molecule has 1 saturated heterocycles. The van der Waals surface area contributed by atoms with Crippen LogP contribution in [0, 0.1) is 0 Å². The van der Waals surface area contributed by atoms with Crippen LogP contribution < -0.4 is 23.7 Å². The van der Waals surface area contributed by atoms with Crippen molar-refractivity contribution in [1.29, 1.82) is 0 Å². The Morgan fingerprint density at radius 2 is 1.71 bits per heavy atom. The smallest absolute Gasteiger partial charge is 0.246 e. The molecule has 2 aromatic carbocycles. The Labute approximate surface area is 199 Å². The summed E-state index contributed by atoms with van der Waals surface area (Å²) >= 11 is 0. The van der Waals surface area contributed by atoms with Crippen LogP contribution in [0.25, 0.3) is 6.08 Å². The van der Waals surface area contributed by atoms with Crippen molar-refractivity contribution in [3.05, 3.63) is 47.5 Å². The molecule has 0 unspecified atom stereocenters. The van der Waals surface area contributed by atoms with Gasteiger partial charge in [-0.1, -0.05) is 0 Å². The zero-order valence-corrected chi connectivity index (χ0v) is 19.9. The van der Waals surface area contributed by atoms with Crippen molar-refractivity contribution in [2.45, 2.75) is 24.9 Å². The summed E-state index contributed by atoms with van der Waals surface area (Å²) in [4.78, 5) is 27.5. The number of hydrogen-bond acceptors (Lipinski definition) is 7. The van der Waals surface area contributed by atoms with E-state index in [2.05, 4.69) is 0 Å². The van der Waals surface area contributed by atoms with Gasteiger partial charge in [0.15, 0.2) is 17.3 Å². The summed E-state index contributed by atoms with van der Waals surface area (Å²) in [6, 6.07) is 8.85. The van der Waals surface area contributed by atoms with Crippen LogP contribution in [0.2, 0.25) is 0 Å². The number of methoxy groups -OCH3 is 4. The topological polar surface area (TPSA) is 83.5 Å². The summed E-state index contributed by atoms with van der Waals surface area (Å²) < 4.78 is 27.9. The van der Waals surface area contributed by atoms with E-state index in [-0.39, 0.29) is 18.1 Å². The lowest BCUT2D eigenvalue weighted by Gasteiger charge is -2.44. The van der Waals surface area contributed by atoms with Crippen molar-refractivity contribution >= 4 is 17.8 Å². The number of carbonyl (C=O) groups excluding carboxylic acids is 2. The van der Waals surface area contributed by atoms with Gasteiger partial charge >= 0.3 is 0 Å². The number of Topliss-reactive ketones (excluding diaryl/α,β-unsaturated/α-hetero) is 1. The average Bonchev–Trinajstić information content (AvgIpc) is 2.86. The van der Waals surface area contributed by atoms with Gasteiger partial charge in [-0.15, -0.1) is 0 Å². The van der Waals surface area contributed by atoms with Crippen LogP contribution in [0.4, 0.5) is 0 Å². The molecule has 8 heteroatoms. The van der Waals surface area contributed by atoms with Crippen LogP contribution in [0.1, 0.15) is 35.2 Å². The SMILES string of the molecule is COc1ccc(/C=C/C(=O)N2CCC3(CC2)CC(=O)c2ccc(OC)c(OC)c2O3)c(OC)c1. The van der Waals surface area contributed by atoms with Crippen molar-refractivity contribution < 1.29 is 33.3 Å². The molecule has 0 aromatic heterocycles. The zero-order valence-electron chi connectivity index (χ0n) is 19.9. The molecule has 4 rings (SSSR count). The number of carbonyl (C=O) groups is 2. The van der Waals surface area contributed by atoms with Gasteiger partial charge in [0.05, 0.1) is 40.4 Å². The van der Waals surface area contributed by atoms with Gasteiger partial charge in [0.1, 0.15) is 17.1 Å². The fourth-order valence-corrected chi connectivity index (χ4v) is 4.50. The number of benzene rings is 2. The van der Waals surface area contributed by atoms with Gasteiger partial charge in [0, 0.05) is 43.6 Å². The maximum atomic E-state index is 12.9. The van der Waals surface area contributed by atoms with Crippen LogP contribution in [-0.4, -0.2) is 63.7 Å². The highest BCUT2D eigenvalue weighted by molar-refractivity contribution is 6.01. The first-order valence-corrected chi connectivity index (χ1v) is 11.1. The molecule has 34 heavy (non-hydrogen) atoms. The summed E-state index contributed by atoms with van der Waals surface area (Å²) in [6.07, 6.45) is 4.64. The quantitative estimate of drug-likeness (QED) is 0.598. The highest BCUT2D eigenvalue weighted by Crippen LogP contribution is 2.47. The van der Waals surface area contributed by atoms with Crippen molar-refractivity contribution in [2.24, 2.45) is 0 Å². The molecule has 0 bridgehead atoms. The number of hydrogen-bond donors (Lipinski definition) is 0. The number of piperidine rings is 1. The van der Waals surface area contributed by atoms with E-state index in [9.17, 15) is 9.59 Å². The van der Waals surface area contributed by atoms with Crippen molar-refractivity contribution in [2.75, 3.05) is 41.5 Å². The molecule has 0 radical (unpaired) electrons. The molecule has 2 aromatic rings. The molecule has 0 aliphatic carbocycles. The first kappa shape index (κ1) is 23.5. The highest BCUT2D eigenvalue weighted by atomic mass is 16.5. The number of ether oxygens (including phenoxy) is 5. The molecular weight excluding hydrogens is 438 g/mol. The molecule has 2 heterocycles. The van der Waals surface area contributed by atoms with Crippen LogP contribution in [-0.2, 0) is 4.79 Å². The molecule has 1 amide bonds. The second-order valence-corrected chi connectivity index (χ2v) is 8.33. The van der Waals surface area contributed by atoms with Crippen LogP contribution in [0.15, 0.2) is 36.4 Å². The second kappa shape index (κ2) is 9.67. The fourth-order valence-electron chi connectivity index (χ4n) is 4.50. The van der Waals surface area contributed by atoms with Crippen molar-refractivity contribution in [1.82, 2.24) is 4.90 Å². The average molecular weight is 468 g/mol. The Hall–Kier alpha value is -3.68. The fraction of sp³-hybridized carbons (Fsp3) is 0.385. The molecule has 8 nitrogen and oxygen atoms in total. The van der Waals surface area contributed by atoms with E-state index in [1.165, 1.54) is 7.11 Å². The van der Waals surface area contributed by atoms with Crippen molar-refractivity contribution in [3.63, 3.8) is 0 Å². The summed E-state index contributed by atoms with van der Waals surface area (Å²) in [7, 11) is 6.24. The standard InChI is InChI=1S/C26H29NO7/c1-30-18-7-5-17(22(15-18)32-3)6-10-23(29)27-13-11-26(12-14-27)16-20(28)19-8-9-21(31-2)25(33-4)24(19)34-26/h5-10,15H,11-14,16H2,1-4H3/b10-6+. The van der Waals surface area contributed by atoms with E-state index in [1.54, 1.807) is 56.6 Å². The molecule has 0 saturated carbocycles. The van der Waals surface area contributed by atoms with E-state index < -0.39 is 5.60 Å². The third-order valence-corrected chi connectivity index (χ3v) is 6.43. The Morgan fingerprint density at radius 3 is 2.35 bits per heavy atom. The van der Waals surface area contributed by atoms with Gasteiger partial charge in [-0.05, 0) is 30.3 Å². The number of nitrogens with zero attached hydrogens (tertiary/aromatic N) is 1. The highest BCUT2D eigenvalue weighted by Gasteiger charge is 2.45. The normalized spacial score (nSPS) is 16.7. The maximum absolute atomic E-state index is 12.9. The zero-order chi connectivity index (χ0) is 24.3. The lowest BCUT2D eigenvalue weighted by molar-refractivity contribution is -0.129. The monoisotopic (exact) mass is 467 g/mol. The van der Waals surface area contributed by atoms with E-state index in [4.69, 9.17) is 23.7 Å². The minimum atomic E-state index is -0.663. The predicted molar refractivity (Wildman–Crippen MR) is 126 cm³/mol. The lowest BCUT2D eigenvalue weighted by Crippen LogP contribution is -2.52. The molecule has 2 aliphatic rings. The largest absolute Gasteiger partial charge is 0.497 e. The number of ketones is 1. The van der Waals surface area contributed by atoms with Crippen molar-refractivity contribution in [3.8, 4) is 28.7 Å².